The lowest BCUT2D eigenvalue weighted by Crippen LogP contribution is -2.20. The summed E-state index contributed by atoms with van der Waals surface area (Å²) in [7, 11) is 3.28. The average Bonchev–Trinajstić information content (AvgIpc) is 2.76. The fourth-order valence-corrected chi connectivity index (χ4v) is 2.27. The zero-order valence-corrected chi connectivity index (χ0v) is 12.4. The van der Waals surface area contributed by atoms with Crippen molar-refractivity contribution in [3.05, 3.63) is 41.2 Å². The molecule has 0 aliphatic carbocycles. The fourth-order valence-electron chi connectivity index (χ4n) is 2.27. The van der Waals surface area contributed by atoms with Crippen molar-refractivity contribution in [3.8, 4) is 11.5 Å². The van der Waals surface area contributed by atoms with Crippen molar-refractivity contribution >= 4 is 0 Å². The molecule has 0 spiro atoms. The SMILES string of the molecule is COc1ccc(OC)c(C(N)Cn2nc(C)cc2C)c1. The fraction of sp³-hybridized carbons (Fsp3) is 0.400. The van der Waals surface area contributed by atoms with Crippen LogP contribution in [0.4, 0.5) is 0 Å². The number of ether oxygens (including phenoxy) is 2. The van der Waals surface area contributed by atoms with Gasteiger partial charge in [-0.2, -0.15) is 5.10 Å². The quantitative estimate of drug-likeness (QED) is 0.908. The molecule has 0 radical (unpaired) electrons. The van der Waals surface area contributed by atoms with Gasteiger partial charge in [-0.05, 0) is 38.1 Å². The van der Waals surface area contributed by atoms with E-state index in [9.17, 15) is 0 Å². The molecule has 0 amide bonds. The highest BCUT2D eigenvalue weighted by Gasteiger charge is 2.15. The molecule has 1 heterocycles. The second-order valence-corrected chi connectivity index (χ2v) is 4.82. The van der Waals surface area contributed by atoms with Crippen molar-refractivity contribution in [2.24, 2.45) is 5.73 Å². The smallest absolute Gasteiger partial charge is 0.123 e. The molecule has 0 aliphatic heterocycles. The van der Waals surface area contributed by atoms with E-state index in [4.69, 9.17) is 15.2 Å². The van der Waals surface area contributed by atoms with Gasteiger partial charge in [0.1, 0.15) is 11.5 Å². The summed E-state index contributed by atoms with van der Waals surface area (Å²) in [6, 6.07) is 7.47. The van der Waals surface area contributed by atoms with Crippen molar-refractivity contribution in [3.63, 3.8) is 0 Å². The van der Waals surface area contributed by atoms with E-state index in [1.54, 1.807) is 14.2 Å². The first-order valence-corrected chi connectivity index (χ1v) is 6.53. The third-order valence-electron chi connectivity index (χ3n) is 3.31. The van der Waals surface area contributed by atoms with Gasteiger partial charge < -0.3 is 15.2 Å². The lowest BCUT2D eigenvalue weighted by atomic mass is 10.1. The second kappa shape index (κ2) is 5.96. The van der Waals surface area contributed by atoms with Crippen molar-refractivity contribution in [2.45, 2.75) is 26.4 Å². The van der Waals surface area contributed by atoms with E-state index in [1.807, 2.05) is 42.8 Å². The highest BCUT2D eigenvalue weighted by molar-refractivity contribution is 5.42. The molecular weight excluding hydrogens is 254 g/mol. The first-order valence-electron chi connectivity index (χ1n) is 6.53. The monoisotopic (exact) mass is 275 g/mol. The van der Waals surface area contributed by atoms with Gasteiger partial charge in [0, 0.05) is 11.3 Å². The van der Waals surface area contributed by atoms with Crippen LogP contribution in [0.2, 0.25) is 0 Å². The molecule has 0 saturated carbocycles. The predicted octanol–water partition coefficient (Wildman–Crippen LogP) is 2.22. The maximum atomic E-state index is 6.31. The van der Waals surface area contributed by atoms with Crippen molar-refractivity contribution in [1.29, 1.82) is 0 Å². The van der Waals surface area contributed by atoms with E-state index in [0.29, 0.717) is 6.54 Å². The van der Waals surface area contributed by atoms with Gasteiger partial charge in [0.05, 0.1) is 32.5 Å². The number of rotatable bonds is 5. The highest BCUT2D eigenvalue weighted by Crippen LogP contribution is 2.29. The van der Waals surface area contributed by atoms with E-state index in [2.05, 4.69) is 5.10 Å². The summed E-state index contributed by atoms with van der Waals surface area (Å²) in [4.78, 5) is 0. The Morgan fingerprint density at radius 3 is 2.50 bits per heavy atom. The molecule has 5 nitrogen and oxygen atoms in total. The van der Waals surface area contributed by atoms with E-state index in [-0.39, 0.29) is 6.04 Å². The molecule has 0 bridgehead atoms. The Balaban J connectivity index is 2.28. The van der Waals surface area contributed by atoms with Crippen molar-refractivity contribution < 1.29 is 9.47 Å². The molecule has 5 heteroatoms. The van der Waals surface area contributed by atoms with Crippen LogP contribution in [0.1, 0.15) is 23.0 Å². The number of nitrogens with two attached hydrogens (primary N) is 1. The molecule has 1 aromatic carbocycles. The summed E-state index contributed by atoms with van der Waals surface area (Å²) < 4.78 is 12.5. The Kier molecular flexibility index (Phi) is 4.29. The minimum atomic E-state index is -0.210. The zero-order valence-electron chi connectivity index (χ0n) is 12.4. The summed E-state index contributed by atoms with van der Waals surface area (Å²) in [6.07, 6.45) is 0. The molecule has 1 atom stereocenters. The third kappa shape index (κ3) is 2.93. The summed E-state index contributed by atoms with van der Waals surface area (Å²) in [5.74, 6) is 1.53. The topological polar surface area (TPSA) is 62.3 Å². The third-order valence-corrected chi connectivity index (χ3v) is 3.31. The first kappa shape index (κ1) is 14.4. The van der Waals surface area contributed by atoms with Crippen LogP contribution >= 0.6 is 0 Å². The number of aromatic nitrogens is 2. The largest absolute Gasteiger partial charge is 0.497 e. The van der Waals surface area contributed by atoms with Crippen LogP contribution in [0, 0.1) is 13.8 Å². The normalized spacial score (nSPS) is 12.2. The van der Waals surface area contributed by atoms with Gasteiger partial charge in [-0.3, -0.25) is 4.68 Å². The molecule has 1 unspecified atom stereocenters. The number of methoxy groups -OCH3 is 2. The minimum absolute atomic E-state index is 0.210. The molecule has 0 aliphatic rings. The maximum absolute atomic E-state index is 6.31. The van der Waals surface area contributed by atoms with Gasteiger partial charge in [-0.15, -0.1) is 0 Å². The van der Waals surface area contributed by atoms with Crippen LogP contribution < -0.4 is 15.2 Å². The predicted molar refractivity (Wildman–Crippen MR) is 78.2 cm³/mol. The van der Waals surface area contributed by atoms with Crippen molar-refractivity contribution in [1.82, 2.24) is 9.78 Å². The second-order valence-electron chi connectivity index (χ2n) is 4.82. The van der Waals surface area contributed by atoms with Crippen LogP contribution in [-0.2, 0) is 6.54 Å². The summed E-state index contributed by atoms with van der Waals surface area (Å²) >= 11 is 0. The number of hydrogen-bond donors (Lipinski definition) is 1. The summed E-state index contributed by atoms with van der Waals surface area (Å²) in [6.45, 7) is 4.60. The summed E-state index contributed by atoms with van der Waals surface area (Å²) in [5, 5.41) is 4.44. The molecule has 108 valence electrons. The Labute approximate surface area is 119 Å². The zero-order chi connectivity index (χ0) is 14.7. The molecule has 2 N–H and O–H groups in total. The molecule has 2 aromatic rings. The van der Waals surface area contributed by atoms with Gasteiger partial charge in [-0.1, -0.05) is 0 Å². The van der Waals surface area contributed by atoms with E-state index >= 15 is 0 Å². The molecule has 20 heavy (non-hydrogen) atoms. The van der Waals surface area contributed by atoms with E-state index in [0.717, 1.165) is 28.5 Å². The Morgan fingerprint density at radius 1 is 1.20 bits per heavy atom. The molecular formula is C15H21N3O2. The molecule has 0 saturated heterocycles. The standard InChI is InChI=1S/C15H21N3O2/c1-10-7-11(2)18(17-10)9-14(16)13-8-12(19-3)5-6-15(13)20-4/h5-8,14H,9,16H2,1-4H3. The highest BCUT2D eigenvalue weighted by atomic mass is 16.5. The first-order chi connectivity index (χ1) is 9.55. The lowest BCUT2D eigenvalue weighted by molar-refractivity contribution is 0.390. The van der Waals surface area contributed by atoms with Crippen LogP contribution in [0.5, 0.6) is 11.5 Å². The van der Waals surface area contributed by atoms with E-state index < -0.39 is 0 Å². The Morgan fingerprint density at radius 2 is 1.95 bits per heavy atom. The number of aryl methyl sites for hydroxylation is 2. The molecule has 2 rings (SSSR count). The van der Waals surface area contributed by atoms with E-state index in [1.165, 1.54) is 0 Å². The Hall–Kier alpha value is -2.01. The summed E-state index contributed by atoms with van der Waals surface area (Å²) in [5.41, 5.74) is 9.31. The Bertz CT molecular complexity index is 593. The van der Waals surface area contributed by atoms with Crippen LogP contribution in [0.25, 0.3) is 0 Å². The maximum Gasteiger partial charge on any atom is 0.123 e. The number of benzene rings is 1. The van der Waals surface area contributed by atoms with Gasteiger partial charge in [0.2, 0.25) is 0 Å². The van der Waals surface area contributed by atoms with Crippen LogP contribution in [0.3, 0.4) is 0 Å². The lowest BCUT2D eigenvalue weighted by Gasteiger charge is -2.17. The van der Waals surface area contributed by atoms with Gasteiger partial charge in [0.15, 0.2) is 0 Å². The van der Waals surface area contributed by atoms with Crippen LogP contribution in [-0.4, -0.2) is 24.0 Å². The van der Waals surface area contributed by atoms with Gasteiger partial charge in [0.25, 0.3) is 0 Å². The van der Waals surface area contributed by atoms with Gasteiger partial charge >= 0.3 is 0 Å². The molecule has 1 aromatic heterocycles. The number of hydrogen-bond acceptors (Lipinski definition) is 4. The number of nitrogens with zero attached hydrogens (tertiary/aromatic N) is 2. The van der Waals surface area contributed by atoms with Crippen LogP contribution in [0.15, 0.2) is 24.3 Å². The van der Waals surface area contributed by atoms with Crippen molar-refractivity contribution in [2.75, 3.05) is 14.2 Å². The molecule has 0 fully saturated rings. The minimum Gasteiger partial charge on any atom is -0.497 e. The average molecular weight is 275 g/mol. The van der Waals surface area contributed by atoms with Gasteiger partial charge in [-0.25, -0.2) is 0 Å².